The molecular weight excluding hydrogens is 248 g/mol. The maximum Gasteiger partial charge on any atom is 0.144 e. The predicted octanol–water partition coefficient (Wildman–Crippen LogP) is 3.84. The number of hydrogen-bond donors (Lipinski definition) is 2. The number of benzene rings is 2. The van der Waals surface area contributed by atoms with Crippen LogP contribution in [-0.2, 0) is 13.0 Å². The van der Waals surface area contributed by atoms with Gasteiger partial charge in [0.05, 0.1) is 12.3 Å². The highest BCUT2D eigenvalue weighted by Gasteiger charge is 2.03. The first-order valence-corrected chi connectivity index (χ1v) is 7.07. The number of nitrogen functional groups attached to an aromatic ring is 1. The van der Waals surface area contributed by atoms with Crippen molar-refractivity contribution < 1.29 is 4.74 Å². The van der Waals surface area contributed by atoms with Gasteiger partial charge in [0.2, 0.25) is 0 Å². The summed E-state index contributed by atoms with van der Waals surface area (Å²) >= 11 is 0. The molecule has 3 N–H and O–H groups in total. The normalized spacial score (nSPS) is 10.3. The van der Waals surface area contributed by atoms with Crippen LogP contribution < -0.4 is 15.8 Å². The zero-order valence-corrected chi connectivity index (χ0v) is 12.1. The molecule has 2 aromatic rings. The summed E-state index contributed by atoms with van der Waals surface area (Å²) in [5.41, 5.74) is 10.3. The first kappa shape index (κ1) is 14.3. The number of ether oxygens (including phenoxy) is 1. The second-order valence-corrected chi connectivity index (χ2v) is 4.66. The standard InChI is InChI=1S/C17H22N2O/c1-3-13-7-5-6-8-14(13)12-19-15-9-10-16(18)17(11-15)20-4-2/h5-11,19H,3-4,12,18H2,1-2H3. The number of rotatable bonds is 6. The Kier molecular flexibility index (Phi) is 4.88. The molecule has 0 aromatic heterocycles. The fourth-order valence-electron chi connectivity index (χ4n) is 2.20. The summed E-state index contributed by atoms with van der Waals surface area (Å²) in [6.45, 7) is 5.55. The maximum atomic E-state index is 5.88. The van der Waals surface area contributed by atoms with E-state index in [9.17, 15) is 0 Å². The monoisotopic (exact) mass is 270 g/mol. The fourth-order valence-corrected chi connectivity index (χ4v) is 2.20. The topological polar surface area (TPSA) is 47.3 Å². The summed E-state index contributed by atoms with van der Waals surface area (Å²) in [5.74, 6) is 0.737. The molecule has 0 aliphatic heterocycles. The predicted molar refractivity (Wildman–Crippen MR) is 85.2 cm³/mol. The van der Waals surface area contributed by atoms with Crippen molar-refractivity contribution >= 4 is 11.4 Å². The Morgan fingerprint density at radius 2 is 1.80 bits per heavy atom. The third-order valence-electron chi connectivity index (χ3n) is 3.30. The van der Waals surface area contributed by atoms with E-state index in [1.54, 1.807) is 0 Å². The summed E-state index contributed by atoms with van der Waals surface area (Å²) in [7, 11) is 0. The zero-order chi connectivity index (χ0) is 14.4. The van der Waals surface area contributed by atoms with E-state index in [2.05, 4.69) is 36.5 Å². The largest absolute Gasteiger partial charge is 0.492 e. The van der Waals surface area contributed by atoms with Crippen molar-refractivity contribution in [2.45, 2.75) is 26.8 Å². The van der Waals surface area contributed by atoms with Crippen LogP contribution in [0.25, 0.3) is 0 Å². The van der Waals surface area contributed by atoms with Crippen molar-refractivity contribution in [1.82, 2.24) is 0 Å². The molecule has 20 heavy (non-hydrogen) atoms. The maximum absolute atomic E-state index is 5.88. The molecule has 0 atom stereocenters. The summed E-state index contributed by atoms with van der Waals surface area (Å²) < 4.78 is 5.51. The molecule has 0 heterocycles. The molecule has 0 bridgehead atoms. The molecule has 0 radical (unpaired) electrons. The van der Waals surface area contributed by atoms with Gasteiger partial charge < -0.3 is 15.8 Å². The lowest BCUT2D eigenvalue weighted by molar-refractivity contribution is 0.342. The first-order valence-electron chi connectivity index (χ1n) is 7.07. The molecule has 0 amide bonds. The molecule has 2 rings (SSSR count). The van der Waals surface area contributed by atoms with E-state index < -0.39 is 0 Å². The summed E-state index contributed by atoms with van der Waals surface area (Å²) in [6, 6.07) is 14.3. The second kappa shape index (κ2) is 6.85. The van der Waals surface area contributed by atoms with Crippen molar-refractivity contribution in [2.24, 2.45) is 0 Å². The molecular formula is C17H22N2O. The summed E-state index contributed by atoms with van der Waals surface area (Å²) in [5, 5.41) is 3.43. The summed E-state index contributed by atoms with van der Waals surface area (Å²) in [4.78, 5) is 0. The highest BCUT2D eigenvalue weighted by Crippen LogP contribution is 2.26. The number of aryl methyl sites for hydroxylation is 1. The van der Waals surface area contributed by atoms with Crippen molar-refractivity contribution in [2.75, 3.05) is 17.7 Å². The Labute approximate surface area is 120 Å². The van der Waals surface area contributed by atoms with E-state index in [4.69, 9.17) is 10.5 Å². The Hall–Kier alpha value is -2.16. The van der Waals surface area contributed by atoms with E-state index in [0.717, 1.165) is 24.4 Å². The van der Waals surface area contributed by atoms with Crippen LogP contribution in [0.1, 0.15) is 25.0 Å². The van der Waals surface area contributed by atoms with Gasteiger partial charge in [-0.05, 0) is 36.6 Å². The van der Waals surface area contributed by atoms with Crippen molar-refractivity contribution in [3.63, 3.8) is 0 Å². The average Bonchev–Trinajstić information content (AvgIpc) is 2.48. The molecule has 0 aliphatic rings. The lowest BCUT2D eigenvalue weighted by Crippen LogP contribution is -2.03. The molecule has 0 unspecified atom stereocenters. The minimum atomic E-state index is 0.617. The third kappa shape index (κ3) is 3.44. The zero-order valence-electron chi connectivity index (χ0n) is 12.1. The average molecular weight is 270 g/mol. The van der Waals surface area contributed by atoms with Crippen LogP contribution in [0, 0.1) is 0 Å². The molecule has 0 spiro atoms. The van der Waals surface area contributed by atoms with Gasteiger partial charge in [0.1, 0.15) is 5.75 Å². The van der Waals surface area contributed by atoms with Gasteiger partial charge >= 0.3 is 0 Å². The first-order chi connectivity index (χ1) is 9.74. The van der Waals surface area contributed by atoms with Crippen LogP contribution in [0.5, 0.6) is 5.75 Å². The van der Waals surface area contributed by atoms with Crippen LogP contribution in [0.3, 0.4) is 0 Å². The van der Waals surface area contributed by atoms with Crippen LogP contribution in [0.15, 0.2) is 42.5 Å². The van der Waals surface area contributed by atoms with Crippen LogP contribution in [0.2, 0.25) is 0 Å². The quantitative estimate of drug-likeness (QED) is 0.784. The number of hydrogen-bond acceptors (Lipinski definition) is 3. The minimum Gasteiger partial charge on any atom is -0.492 e. The van der Waals surface area contributed by atoms with Gasteiger partial charge in [0.25, 0.3) is 0 Å². The van der Waals surface area contributed by atoms with Crippen molar-refractivity contribution in [3.05, 3.63) is 53.6 Å². The van der Waals surface area contributed by atoms with Gasteiger partial charge in [-0.3, -0.25) is 0 Å². The van der Waals surface area contributed by atoms with Gasteiger partial charge in [-0.2, -0.15) is 0 Å². The van der Waals surface area contributed by atoms with Crippen molar-refractivity contribution in [3.8, 4) is 5.75 Å². The van der Waals surface area contributed by atoms with E-state index in [1.165, 1.54) is 11.1 Å². The molecule has 0 aliphatic carbocycles. The van der Waals surface area contributed by atoms with Crippen LogP contribution in [-0.4, -0.2) is 6.61 Å². The molecule has 0 saturated heterocycles. The number of nitrogens with one attached hydrogen (secondary N) is 1. The van der Waals surface area contributed by atoms with Gasteiger partial charge in [-0.25, -0.2) is 0 Å². The van der Waals surface area contributed by atoms with E-state index in [0.29, 0.717) is 12.3 Å². The smallest absolute Gasteiger partial charge is 0.144 e. The molecule has 2 aromatic carbocycles. The molecule has 0 fully saturated rings. The Morgan fingerprint density at radius 1 is 1.05 bits per heavy atom. The van der Waals surface area contributed by atoms with E-state index in [-0.39, 0.29) is 0 Å². The summed E-state index contributed by atoms with van der Waals surface area (Å²) in [6.07, 6.45) is 1.05. The Morgan fingerprint density at radius 3 is 2.50 bits per heavy atom. The lowest BCUT2D eigenvalue weighted by Gasteiger charge is -2.13. The SMILES string of the molecule is CCOc1cc(NCc2ccccc2CC)ccc1N. The van der Waals surface area contributed by atoms with E-state index in [1.807, 2.05) is 25.1 Å². The molecule has 106 valence electrons. The van der Waals surface area contributed by atoms with Crippen LogP contribution in [0.4, 0.5) is 11.4 Å². The molecule has 3 heteroatoms. The van der Waals surface area contributed by atoms with Gasteiger partial charge in [-0.1, -0.05) is 31.2 Å². The highest BCUT2D eigenvalue weighted by molar-refractivity contribution is 5.61. The second-order valence-electron chi connectivity index (χ2n) is 4.66. The van der Waals surface area contributed by atoms with Crippen LogP contribution >= 0.6 is 0 Å². The van der Waals surface area contributed by atoms with E-state index >= 15 is 0 Å². The molecule has 0 saturated carbocycles. The number of anilines is 2. The third-order valence-corrected chi connectivity index (χ3v) is 3.30. The number of nitrogens with two attached hydrogens (primary N) is 1. The van der Waals surface area contributed by atoms with Crippen molar-refractivity contribution in [1.29, 1.82) is 0 Å². The minimum absolute atomic E-state index is 0.617. The lowest BCUT2D eigenvalue weighted by atomic mass is 10.1. The van der Waals surface area contributed by atoms with Gasteiger partial charge in [0.15, 0.2) is 0 Å². The van der Waals surface area contributed by atoms with Gasteiger partial charge in [0, 0.05) is 18.3 Å². The van der Waals surface area contributed by atoms with Gasteiger partial charge in [-0.15, -0.1) is 0 Å². The molecule has 3 nitrogen and oxygen atoms in total. The Bertz CT molecular complexity index is 567. The highest BCUT2D eigenvalue weighted by atomic mass is 16.5. The Balaban J connectivity index is 2.09. The fraction of sp³-hybridized carbons (Fsp3) is 0.294.